The molecule has 2 bridgehead atoms. The summed E-state index contributed by atoms with van der Waals surface area (Å²) < 4.78 is 0. The first kappa shape index (κ1) is 23.1. The summed E-state index contributed by atoms with van der Waals surface area (Å²) in [6.07, 6.45) is 18.3. The maximum atomic E-state index is 10.4. The van der Waals surface area contributed by atoms with Gasteiger partial charge >= 0.3 is 0 Å². The molecule has 0 amide bonds. The monoisotopic (exact) mass is 442 g/mol. The fourth-order valence-electron chi connectivity index (χ4n) is 9.29. The molecule has 3 nitrogen and oxygen atoms in total. The summed E-state index contributed by atoms with van der Waals surface area (Å²) in [7, 11) is 0. The molecule has 3 heteroatoms. The van der Waals surface area contributed by atoms with Gasteiger partial charge in [0.2, 0.25) is 0 Å². The third-order valence-corrected chi connectivity index (χ3v) is 11.3. The minimum atomic E-state index is -0.440. The summed E-state index contributed by atoms with van der Waals surface area (Å²) in [6.45, 7) is 14.4. The van der Waals surface area contributed by atoms with Crippen molar-refractivity contribution in [2.75, 3.05) is 0 Å². The third-order valence-electron chi connectivity index (χ3n) is 11.3. The van der Waals surface area contributed by atoms with Crippen molar-refractivity contribution in [3.63, 3.8) is 0 Å². The lowest BCUT2D eigenvalue weighted by Gasteiger charge is -2.69. The Labute approximate surface area is 195 Å². The lowest BCUT2D eigenvalue weighted by Crippen LogP contribution is -2.73. The maximum Gasteiger partial charge on any atom is 0.130 e. The Kier molecular flexibility index (Phi) is 5.55. The van der Waals surface area contributed by atoms with Gasteiger partial charge in [-0.25, -0.2) is 9.78 Å². The molecule has 32 heavy (non-hydrogen) atoms. The van der Waals surface area contributed by atoms with Crippen molar-refractivity contribution in [1.82, 2.24) is 0 Å². The van der Waals surface area contributed by atoms with Crippen LogP contribution in [0.2, 0.25) is 0 Å². The highest BCUT2D eigenvalue weighted by Gasteiger charge is 2.74. The second kappa shape index (κ2) is 7.68. The minimum absolute atomic E-state index is 0.0653. The highest BCUT2D eigenvalue weighted by Crippen LogP contribution is 2.72. The molecule has 1 saturated heterocycles. The molecule has 2 heterocycles. The summed E-state index contributed by atoms with van der Waals surface area (Å²) in [5.41, 5.74) is -0.371. The van der Waals surface area contributed by atoms with E-state index >= 15 is 0 Å². The highest BCUT2D eigenvalue weighted by molar-refractivity contribution is 5.33. The zero-order chi connectivity index (χ0) is 22.9. The van der Waals surface area contributed by atoms with Crippen LogP contribution >= 0.6 is 0 Å². The second-order valence-corrected chi connectivity index (χ2v) is 13.0. The largest absolute Gasteiger partial charge is 0.393 e. The van der Waals surface area contributed by atoms with E-state index in [-0.39, 0.29) is 22.5 Å². The van der Waals surface area contributed by atoms with Gasteiger partial charge in [-0.2, -0.15) is 0 Å². The van der Waals surface area contributed by atoms with E-state index in [1.165, 1.54) is 32.1 Å². The number of allylic oxidation sites excluding steroid dienone is 2. The smallest absolute Gasteiger partial charge is 0.130 e. The molecule has 6 rings (SSSR count). The summed E-state index contributed by atoms with van der Waals surface area (Å²) in [5.74, 6) is 3.70. The fourth-order valence-corrected chi connectivity index (χ4v) is 9.29. The third kappa shape index (κ3) is 2.96. The Bertz CT molecular complexity index is 787. The second-order valence-electron chi connectivity index (χ2n) is 13.0. The van der Waals surface area contributed by atoms with Crippen LogP contribution in [-0.4, -0.2) is 22.4 Å². The van der Waals surface area contributed by atoms with Crippen LogP contribution in [-0.2, 0) is 9.78 Å². The molecular formula is C29H46O3. The molecule has 0 radical (unpaired) electrons. The van der Waals surface area contributed by atoms with Crippen LogP contribution in [0.25, 0.3) is 0 Å². The van der Waals surface area contributed by atoms with Crippen LogP contribution in [0.4, 0.5) is 0 Å². The van der Waals surface area contributed by atoms with E-state index in [0.717, 1.165) is 12.8 Å². The first-order valence-electron chi connectivity index (χ1n) is 13.6. The Morgan fingerprint density at radius 2 is 1.75 bits per heavy atom. The normalized spacial score (nSPS) is 51.5. The van der Waals surface area contributed by atoms with Crippen molar-refractivity contribution in [3.8, 4) is 0 Å². The SMILES string of the molecule is CC[C@@H](/C=C\[C@@H](C)[C@H]1CC[C@@H]2[C@]1(C)CC[C@H]1[C@]23C=C[C@]2(C[C@@H](O)CC[C@]12C)OO3)C(C)C. The molecule has 180 valence electrons. The lowest BCUT2D eigenvalue weighted by molar-refractivity contribution is -0.497. The number of aliphatic hydroxyl groups excluding tert-OH is 1. The lowest BCUT2D eigenvalue weighted by atomic mass is 9.43. The first-order chi connectivity index (χ1) is 15.1. The highest BCUT2D eigenvalue weighted by atomic mass is 17.2. The van der Waals surface area contributed by atoms with Crippen LogP contribution in [0.5, 0.6) is 0 Å². The van der Waals surface area contributed by atoms with Gasteiger partial charge < -0.3 is 5.11 Å². The first-order valence-corrected chi connectivity index (χ1v) is 13.6. The molecule has 4 aliphatic carbocycles. The minimum Gasteiger partial charge on any atom is -0.393 e. The van der Waals surface area contributed by atoms with E-state index in [1.54, 1.807) is 0 Å². The summed E-state index contributed by atoms with van der Waals surface area (Å²) >= 11 is 0. The molecule has 4 fully saturated rings. The number of rotatable bonds is 5. The van der Waals surface area contributed by atoms with E-state index in [9.17, 15) is 5.11 Å². The molecule has 3 saturated carbocycles. The summed E-state index contributed by atoms with van der Waals surface area (Å²) in [6, 6.07) is 0. The van der Waals surface area contributed by atoms with E-state index in [4.69, 9.17) is 9.78 Å². The number of hydrogen-bond donors (Lipinski definition) is 1. The van der Waals surface area contributed by atoms with Crippen LogP contribution in [0, 0.1) is 46.3 Å². The molecule has 6 aliphatic rings. The van der Waals surface area contributed by atoms with Crippen molar-refractivity contribution < 1.29 is 14.9 Å². The quantitative estimate of drug-likeness (QED) is 0.373. The number of hydrogen-bond acceptors (Lipinski definition) is 3. The Morgan fingerprint density at radius 1 is 0.969 bits per heavy atom. The zero-order valence-corrected chi connectivity index (χ0v) is 21.3. The van der Waals surface area contributed by atoms with Gasteiger partial charge in [-0.3, -0.25) is 0 Å². The standard InChI is InChI=1S/C29H46O3/c1-7-21(19(2)3)9-8-20(4)23-10-11-24-26(23,5)14-13-25-27(6)15-12-22(30)18-28(27)16-17-29(24,25)32-31-28/h8-9,16-17,19-25,30H,7,10-15,18H2,1-6H3/b9-8-/t20-,21+,22+,23-,24-,25-,26-,27-,28-,29+/m1/s1. The average Bonchev–Trinajstić information content (AvgIpc) is 3.12. The van der Waals surface area contributed by atoms with Gasteiger partial charge in [0.1, 0.15) is 11.2 Å². The maximum absolute atomic E-state index is 10.4. The van der Waals surface area contributed by atoms with Crippen LogP contribution < -0.4 is 0 Å². The Balaban J connectivity index is 1.44. The number of aliphatic hydroxyl groups is 1. The van der Waals surface area contributed by atoms with Crippen LogP contribution in [0.3, 0.4) is 0 Å². The van der Waals surface area contributed by atoms with Crippen molar-refractivity contribution in [2.45, 2.75) is 110 Å². The van der Waals surface area contributed by atoms with Gasteiger partial charge in [0, 0.05) is 23.7 Å². The summed E-state index contributed by atoms with van der Waals surface area (Å²) in [5, 5.41) is 10.4. The van der Waals surface area contributed by atoms with Gasteiger partial charge in [-0.05, 0) is 80.1 Å². The molecule has 0 aromatic carbocycles. The molecule has 0 unspecified atom stereocenters. The molecule has 0 aromatic heterocycles. The van der Waals surface area contributed by atoms with E-state index in [0.29, 0.717) is 41.9 Å². The van der Waals surface area contributed by atoms with Gasteiger partial charge in [0.25, 0.3) is 0 Å². The number of fused-ring (bicyclic) bond motifs is 2. The van der Waals surface area contributed by atoms with Crippen molar-refractivity contribution in [1.29, 1.82) is 0 Å². The van der Waals surface area contributed by atoms with Crippen molar-refractivity contribution >= 4 is 0 Å². The molecular weight excluding hydrogens is 396 g/mol. The van der Waals surface area contributed by atoms with Crippen molar-refractivity contribution in [2.24, 2.45) is 46.3 Å². The van der Waals surface area contributed by atoms with Gasteiger partial charge in [0.05, 0.1) is 6.10 Å². The predicted molar refractivity (Wildman–Crippen MR) is 129 cm³/mol. The van der Waals surface area contributed by atoms with Gasteiger partial charge in [-0.1, -0.05) is 59.8 Å². The zero-order valence-electron chi connectivity index (χ0n) is 21.3. The molecule has 10 atom stereocenters. The molecule has 1 N–H and O–H groups in total. The van der Waals surface area contributed by atoms with E-state index < -0.39 is 5.60 Å². The average molecular weight is 443 g/mol. The molecule has 2 spiro atoms. The van der Waals surface area contributed by atoms with Gasteiger partial charge in [0.15, 0.2) is 0 Å². The van der Waals surface area contributed by atoms with E-state index in [2.05, 4.69) is 65.8 Å². The molecule has 0 aromatic rings. The summed E-state index contributed by atoms with van der Waals surface area (Å²) in [4.78, 5) is 12.8. The van der Waals surface area contributed by atoms with Gasteiger partial charge in [-0.15, -0.1) is 0 Å². The fraction of sp³-hybridized carbons (Fsp3) is 0.862. The molecule has 2 aliphatic heterocycles. The van der Waals surface area contributed by atoms with Crippen molar-refractivity contribution in [3.05, 3.63) is 24.3 Å². The Morgan fingerprint density at radius 3 is 2.41 bits per heavy atom. The topological polar surface area (TPSA) is 38.7 Å². The predicted octanol–water partition coefficient (Wildman–Crippen LogP) is 6.86. The van der Waals surface area contributed by atoms with E-state index in [1.807, 2.05) is 0 Å². The van der Waals surface area contributed by atoms with Crippen LogP contribution in [0.1, 0.15) is 92.9 Å². The van der Waals surface area contributed by atoms with Crippen LogP contribution in [0.15, 0.2) is 24.3 Å². The Hall–Kier alpha value is -0.640.